The van der Waals surface area contributed by atoms with Gasteiger partial charge in [-0.15, -0.1) is 0 Å². The van der Waals surface area contributed by atoms with E-state index in [9.17, 15) is 9.59 Å². The first-order chi connectivity index (χ1) is 13.6. The highest BCUT2D eigenvalue weighted by Gasteiger charge is 2.37. The highest BCUT2D eigenvalue weighted by molar-refractivity contribution is 5.89. The number of nitrogens with zero attached hydrogens (tertiary/aromatic N) is 5. The largest absolute Gasteiger partial charge is 0.339 e. The number of aryl methyl sites for hydroxylation is 1. The number of carbonyl (C=O) groups excluding carboxylic acids is 2. The van der Waals surface area contributed by atoms with E-state index in [0.717, 1.165) is 5.56 Å². The molecular weight excluding hydrogens is 354 g/mol. The maximum absolute atomic E-state index is 12.9. The van der Waals surface area contributed by atoms with Crippen LogP contribution in [0.1, 0.15) is 17.5 Å². The first kappa shape index (κ1) is 18.4. The summed E-state index contributed by atoms with van der Waals surface area (Å²) in [7, 11) is 0. The second-order valence-electron chi connectivity index (χ2n) is 7.53. The summed E-state index contributed by atoms with van der Waals surface area (Å²) in [5, 5.41) is 0. The van der Waals surface area contributed by atoms with E-state index in [0.29, 0.717) is 51.6 Å². The summed E-state index contributed by atoms with van der Waals surface area (Å²) in [4.78, 5) is 39.7. The molecule has 4 rings (SSSR count). The Morgan fingerprint density at radius 1 is 1.11 bits per heavy atom. The van der Waals surface area contributed by atoms with Crippen LogP contribution in [0.2, 0.25) is 0 Å². The number of anilines is 1. The van der Waals surface area contributed by atoms with Gasteiger partial charge in [0.15, 0.2) is 0 Å². The molecule has 0 N–H and O–H groups in total. The quantitative estimate of drug-likeness (QED) is 0.805. The Hall–Kier alpha value is -2.96. The minimum atomic E-state index is -0.239. The van der Waals surface area contributed by atoms with Gasteiger partial charge in [0.25, 0.3) is 0 Å². The van der Waals surface area contributed by atoms with E-state index < -0.39 is 0 Å². The Bertz CT molecular complexity index is 849. The van der Waals surface area contributed by atoms with Crippen LogP contribution >= 0.6 is 0 Å². The summed E-state index contributed by atoms with van der Waals surface area (Å²) >= 11 is 0. The van der Waals surface area contributed by atoms with Crippen LogP contribution in [0.25, 0.3) is 0 Å². The average Bonchev–Trinajstić information content (AvgIpc) is 3.08. The fraction of sp³-hybridized carbons (Fsp3) is 0.429. The summed E-state index contributed by atoms with van der Waals surface area (Å²) in [6, 6.07) is 9.96. The highest BCUT2D eigenvalue weighted by Crippen LogP contribution is 2.23. The lowest BCUT2D eigenvalue weighted by Gasteiger charge is -2.35. The van der Waals surface area contributed by atoms with Crippen LogP contribution in [0, 0.1) is 12.8 Å². The van der Waals surface area contributed by atoms with Crippen molar-refractivity contribution < 1.29 is 9.59 Å². The number of aromatic nitrogens is 2. The maximum Gasteiger partial charge on any atom is 0.228 e. The predicted molar refractivity (Wildman–Crippen MR) is 106 cm³/mol. The van der Waals surface area contributed by atoms with Gasteiger partial charge in [0, 0.05) is 58.1 Å². The molecule has 2 amide bonds. The van der Waals surface area contributed by atoms with Crippen LogP contribution in [-0.2, 0) is 16.1 Å². The van der Waals surface area contributed by atoms with Gasteiger partial charge in [-0.05, 0) is 18.6 Å². The highest BCUT2D eigenvalue weighted by atomic mass is 16.2. The molecule has 2 fully saturated rings. The van der Waals surface area contributed by atoms with Gasteiger partial charge in [-0.3, -0.25) is 9.59 Å². The Morgan fingerprint density at radius 3 is 2.57 bits per heavy atom. The SMILES string of the molecule is Cc1cccc(CN2CC(C(=O)N3CCN(c4ncccn4)CC3)CC2=O)c1. The third kappa shape index (κ3) is 3.98. The number of benzene rings is 1. The number of carbonyl (C=O) groups is 2. The molecule has 7 heteroatoms. The summed E-state index contributed by atoms with van der Waals surface area (Å²) in [6.45, 7) is 5.82. The van der Waals surface area contributed by atoms with Gasteiger partial charge < -0.3 is 14.7 Å². The van der Waals surface area contributed by atoms with Crippen LogP contribution in [-0.4, -0.2) is 64.3 Å². The predicted octanol–water partition coefficient (Wildman–Crippen LogP) is 1.48. The van der Waals surface area contributed by atoms with Crippen molar-refractivity contribution >= 4 is 17.8 Å². The third-order valence-corrected chi connectivity index (χ3v) is 5.45. The molecule has 3 heterocycles. The molecular formula is C21H25N5O2. The molecule has 2 saturated heterocycles. The smallest absolute Gasteiger partial charge is 0.228 e. The zero-order valence-corrected chi connectivity index (χ0v) is 16.1. The average molecular weight is 379 g/mol. The zero-order valence-electron chi connectivity index (χ0n) is 16.1. The molecule has 0 saturated carbocycles. The summed E-state index contributed by atoms with van der Waals surface area (Å²) < 4.78 is 0. The van der Waals surface area contributed by atoms with Crippen molar-refractivity contribution in [3.63, 3.8) is 0 Å². The van der Waals surface area contributed by atoms with Gasteiger partial charge in [0.1, 0.15) is 0 Å². The summed E-state index contributed by atoms with van der Waals surface area (Å²) in [6.07, 6.45) is 3.77. The lowest BCUT2D eigenvalue weighted by Crippen LogP contribution is -2.51. The normalized spacial score (nSPS) is 20.0. The Kier molecular flexibility index (Phi) is 5.23. The molecule has 1 aromatic carbocycles. The monoisotopic (exact) mass is 379 g/mol. The summed E-state index contributed by atoms with van der Waals surface area (Å²) in [5.74, 6) is 0.622. The van der Waals surface area contributed by atoms with Crippen molar-refractivity contribution in [1.82, 2.24) is 19.8 Å². The van der Waals surface area contributed by atoms with E-state index in [1.807, 2.05) is 34.9 Å². The van der Waals surface area contributed by atoms with E-state index in [1.54, 1.807) is 18.5 Å². The number of piperazine rings is 1. The van der Waals surface area contributed by atoms with Crippen LogP contribution in [0.5, 0.6) is 0 Å². The molecule has 7 nitrogen and oxygen atoms in total. The maximum atomic E-state index is 12.9. The third-order valence-electron chi connectivity index (χ3n) is 5.45. The fourth-order valence-corrected chi connectivity index (χ4v) is 3.96. The van der Waals surface area contributed by atoms with Crippen LogP contribution < -0.4 is 4.90 Å². The van der Waals surface area contributed by atoms with Crippen molar-refractivity contribution in [1.29, 1.82) is 0 Å². The van der Waals surface area contributed by atoms with E-state index in [1.165, 1.54) is 5.56 Å². The molecule has 2 aliphatic rings. The van der Waals surface area contributed by atoms with E-state index >= 15 is 0 Å². The number of amides is 2. The first-order valence-corrected chi connectivity index (χ1v) is 9.74. The minimum absolute atomic E-state index is 0.0659. The van der Waals surface area contributed by atoms with Crippen LogP contribution in [0.4, 0.5) is 5.95 Å². The van der Waals surface area contributed by atoms with Crippen LogP contribution in [0.15, 0.2) is 42.7 Å². The Balaban J connectivity index is 1.32. The van der Waals surface area contributed by atoms with Crippen molar-refractivity contribution in [3.8, 4) is 0 Å². The molecule has 28 heavy (non-hydrogen) atoms. The van der Waals surface area contributed by atoms with Crippen molar-refractivity contribution in [2.45, 2.75) is 19.9 Å². The number of likely N-dealkylation sites (tertiary alicyclic amines) is 1. The van der Waals surface area contributed by atoms with Gasteiger partial charge in [-0.25, -0.2) is 9.97 Å². The van der Waals surface area contributed by atoms with Crippen molar-refractivity contribution in [3.05, 3.63) is 53.9 Å². The molecule has 1 aromatic heterocycles. The number of hydrogen-bond acceptors (Lipinski definition) is 5. The van der Waals surface area contributed by atoms with E-state index in [2.05, 4.69) is 20.9 Å². The molecule has 1 atom stereocenters. The second-order valence-corrected chi connectivity index (χ2v) is 7.53. The van der Waals surface area contributed by atoms with Gasteiger partial charge in [-0.1, -0.05) is 29.8 Å². The minimum Gasteiger partial charge on any atom is -0.339 e. The van der Waals surface area contributed by atoms with Crippen molar-refractivity contribution in [2.75, 3.05) is 37.6 Å². The van der Waals surface area contributed by atoms with Gasteiger partial charge in [0.05, 0.1) is 5.92 Å². The molecule has 0 radical (unpaired) electrons. The lowest BCUT2D eigenvalue weighted by atomic mass is 10.1. The second kappa shape index (κ2) is 7.96. The Labute approximate surface area is 165 Å². The first-order valence-electron chi connectivity index (χ1n) is 9.74. The zero-order chi connectivity index (χ0) is 19.5. The van der Waals surface area contributed by atoms with E-state index in [-0.39, 0.29) is 17.7 Å². The van der Waals surface area contributed by atoms with Gasteiger partial charge in [-0.2, -0.15) is 0 Å². The van der Waals surface area contributed by atoms with Gasteiger partial charge >= 0.3 is 0 Å². The molecule has 2 aromatic rings. The molecule has 2 aliphatic heterocycles. The van der Waals surface area contributed by atoms with E-state index in [4.69, 9.17) is 0 Å². The van der Waals surface area contributed by atoms with Gasteiger partial charge in [0.2, 0.25) is 17.8 Å². The fourth-order valence-electron chi connectivity index (χ4n) is 3.96. The lowest BCUT2D eigenvalue weighted by molar-refractivity contribution is -0.136. The number of rotatable bonds is 4. The van der Waals surface area contributed by atoms with Crippen molar-refractivity contribution in [2.24, 2.45) is 5.92 Å². The molecule has 0 bridgehead atoms. The molecule has 0 spiro atoms. The standard InChI is InChI=1S/C21H25N5O2/c1-16-4-2-5-17(12-16)14-26-15-18(13-19(26)27)20(28)24-8-10-25(11-9-24)21-22-6-3-7-23-21/h2-7,12,18H,8-11,13-15H2,1H3. The molecule has 0 aliphatic carbocycles. The van der Waals surface area contributed by atoms with Crippen LogP contribution in [0.3, 0.4) is 0 Å². The Morgan fingerprint density at radius 2 is 1.86 bits per heavy atom. The summed E-state index contributed by atoms with van der Waals surface area (Å²) in [5.41, 5.74) is 2.29. The number of hydrogen-bond donors (Lipinski definition) is 0. The topological polar surface area (TPSA) is 69.6 Å². The molecule has 1 unspecified atom stereocenters. The molecule has 146 valence electrons.